The van der Waals surface area contributed by atoms with Gasteiger partial charge < -0.3 is 0 Å². The molecule has 1 heterocycles. The van der Waals surface area contributed by atoms with E-state index < -0.39 is 0 Å². The van der Waals surface area contributed by atoms with Gasteiger partial charge in [-0.3, -0.25) is 0 Å². The highest BCUT2D eigenvalue weighted by Crippen LogP contribution is 2.53. The fraction of sp³-hybridized carbons (Fsp3) is 0.600. The highest BCUT2D eigenvalue weighted by molar-refractivity contribution is 8.00. The molecule has 4 atom stereocenters. The van der Waals surface area contributed by atoms with Crippen LogP contribution in [0.5, 0.6) is 0 Å². The number of benzene rings is 1. The molecule has 1 aliphatic heterocycles. The molecule has 0 amide bonds. The first kappa shape index (κ1) is 17.2. The van der Waals surface area contributed by atoms with Crippen LogP contribution in [0.2, 0.25) is 0 Å². The third-order valence-corrected chi connectivity index (χ3v) is 9.12. The van der Waals surface area contributed by atoms with E-state index in [0.717, 1.165) is 28.9 Å². The van der Waals surface area contributed by atoms with Crippen molar-refractivity contribution in [1.82, 2.24) is 0 Å². The Kier molecular flexibility index (Phi) is 4.77. The Labute approximate surface area is 163 Å². The zero-order valence-corrected chi connectivity index (χ0v) is 16.9. The Bertz CT molecular complexity index is 707. The average Bonchev–Trinajstić information content (AvgIpc) is 3.08. The highest BCUT2D eigenvalue weighted by atomic mass is 32.2. The molecule has 4 aliphatic rings. The second-order valence-corrected chi connectivity index (χ2v) is 10.5. The van der Waals surface area contributed by atoms with Gasteiger partial charge in [0.2, 0.25) is 0 Å². The molecule has 5 rings (SSSR count). The molecular formula is C25H32S. The van der Waals surface area contributed by atoms with E-state index >= 15 is 0 Å². The summed E-state index contributed by atoms with van der Waals surface area (Å²) in [4.78, 5) is 1.64. The van der Waals surface area contributed by atoms with Gasteiger partial charge in [0.05, 0.1) is 0 Å². The summed E-state index contributed by atoms with van der Waals surface area (Å²) in [5.74, 6) is 4.21. The first-order valence-electron chi connectivity index (χ1n) is 10.9. The van der Waals surface area contributed by atoms with Gasteiger partial charge in [0.15, 0.2) is 0 Å². The number of thioether (sulfide) groups is 1. The lowest BCUT2D eigenvalue weighted by Crippen LogP contribution is -2.22. The molecule has 0 saturated heterocycles. The molecule has 138 valence electrons. The normalized spacial score (nSPS) is 38.8. The molecule has 0 aromatic heterocycles. The Morgan fingerprint density at radius 1 is 0.846 bits per heavy atom. The van der Waals surface area contributed by atoms with Crippen molar-refractivity contribution in [3.63, 3.8) is 0 Å². The second-order valence-electron chi connectivity index (χ2n) is 9.22. The van der Waals surface area contributed by atoms with E-state index in [1.807, 2.05) is 0 Å². The van der Waals surface area contributed by atoms with Gasteiger partial charge in [-0.05, 0) is 67.4 Å². The van der Waals surface area contributed by atoms with E-state index in [-0.39, 0.29) is 0 Å². The van der Waals surface area contributed by atoms with Gasteiger partial charge in [0, 0.05) is 22.0 Å². The van der Waals surface area contributed by atoms with E-state index in [0.29, 0.717) is 5.92 Å². The Morgan fingerprint density at radius 2 is 1.65 bits per heavy atom. The first-order chi connectivity index (χ1) is 12.8. The summed E-state index contributed by atoms with van der Waals surface area (Å²) in [6.45, 7) is 2.43. The van der Waals surface area contributed by atoms with E-state index in [1.54, 1.807) is 16.0 Å². The fourth-order valence-electron chi connectivity index (χ4n) is 5.90. The van der Waals surface area contributed by atoms with Crippen molar-refractivity contribution in [1.29, 1.82) is 0 Å². The molecule has 1 heteroatoms. The van der Waals surface area contributed by atoms with Crippen LogP contribution >= 0.6 is 11.8 Å². The lowest BCUT2D eigenvalue weighted by molar-refractivity contribution is 0.225. The highest BCUT2D eigenvalue weighted by Gasteiger charge is 2.36. The molecule has 1 aromatic rings. The maximum atomic E-state index is 2.61. The SMILES string of the molecule is CC1CCC(C2C=CC(c3cccc4c3SC3CC=CCC43)CC2)CC1. The fourth-order valence-corrected chi connectivity index (χ4v) is 7.54. The summed E-state index contributed by atoms with van der Waals surface area (Å²) in [5.41, 5.74) is 3.28. The predicted molar refractivity (Wildman–Crippen MR) is 113 cm³/mol. The third kappa shape index (κ3) is 3.11. The van der Waals surface area contributed by atoms with Gasteiger partial charge in [0.25, 0.3) is 0 Å². The standard InChI is InChI=1S/C25H32S/c1-17-9-11-18(12-10-17)19-13-15-20(16-14-19)21-6-4-7-23-22-5-2-3-8-24(22)26-25(21)23/h2-4,6-7,13,15,17-20,22,24H,5,8-12,14,16H2,1H3. The Hall–Kier alpha value is -0.950. The zero-order chi connectivity index (χ0) is 17.5. The van der Waals surface area contributed by atoms with Crippen molar-refractivity contribution in [2.75, 3.05) is 0 Å². The number of hydrogen-bond acceptors (Lipinski definition) is 1. The molecule has 1 aromatic carbocycles. The summed E-state index contributed by atoms with van der Waals surface area (Å²) >= 11 is 2.18. The molecule has 4 unspecified atom stereocenters. The van der Waals surface area contributed by atoms with Crippen molar-refractivity contribution in [2.45, 2.75) is 80.3 Å². The van der Waals surface area contributed by atoms with Gasteiger partial charge in [-0.2, -0.15) is 0 Å². The summed E-state index contributed by atoms with van der Waals surface area (Å²) in [7, 11) is 0. The quantitative estimate of drug-likeness (QED) is 0.490. The van der Waals surface area contributed by atoms with Crippen LogP contribution < -0.4 is 0 Å². The maximum absolute atomic E-state index is 2.61. The second kappa shape index (κ2) is 7.23. The molecule has 1 fully saturated rings. The van der Waals surface area contributed by atoms with E-state index in [4.69, 9.17) is 0 Å². The molecule has 0 bridgehead atoms. The van der Waals surface area contributed by atoms with Crippen LogP contribution in [-0.2, 0) is 0 Å². The lowest BCUT2D eigenvalue weighted by Gasteiger charge is -2.34. The van der Waals surface area contributed by atoms with Gasteiger partial charge in [-0.1, -0.05) is 62.3 Å². The number of fused-ring (bicyclic) bond motifs is 3. The number of allylic oxidation sites excluding steroid dienone is 4. The van der Waals surface area contributed by atoms with E-state index in [1.165, 1.54) is 51.4 Å². The van der Waals surface area contributed by atoms with Gasteiger partial charge in [0.1, 0.15) is 0 Å². The number of hydrogen-bond donors (Lipinski definition) is 0. The van der Waals surface area contributed by atoms with E-state index in [9.17, 15) is 0 Å². The Morgan fingerprint density at radius 3 is 2.46 bits per heavy atom. The van der Waals surface area contributed by atoms with Crippen LogP contribution in [0.3, 0.4) is 0 Å². The van der Waals surface area contributed by atoms with E-state index in [2.05, 4.69) is 61.2 Å². The van der Waals surface area contributed by atoms with Crippen molar-refractivity contribution in [3.05, 3.63) is 53.6 Å². The summed E-state index contributed by atoms with van der Waals surface area (Å²) < 4.78 is 0. The minimum Gasteiger partial charge on any atom is -0.121 e. The molecular weight excluding hydrogens is 332 g/mol. The smallest absolute Gasteiger partial charge is 0.0201 e. The summed E-state index contributed by atoms with van der Waals surface area (Å²) in [6, 6.07) is 7.17. The van der Waals surface area contributed by atoms with Crippen LogP contribution in [0.15, 0.2) is 47.4 Å². The molecule has 3 aliphatic carbocycles. The van der Waals surface area contributed by atoms with Gasteiger partial charge >= 0.3 is 0 Å². The van der Waals surface area contributed by atoms with Crippen LogP contribution in [-0.4, -0.2) is 5.25 Å². The molecule has 26 heavy (non-hydrogen) atoms. The monoisotopic (exact) mass is 364 g/mol. The largest absolute Gasteiger partial charge is 0.121 e. The van der Waals surface area contributed by atoms with Crippen LogP contribution in [0.1, 0.15) is 81.3 Å². The molecule has 0 spiro atoms. The molecule has 0 N–H and O–H groups in total. The Balaban J connectivity index is 1.33. The van der Waals surface area contributed by atoms with Crippen molar-refractivity contribution < 1.29 is 0 Å². The summed E-state index contributed by atoms with van der Waals surface area (Å²) in [5, 5.41) is 0.792. The van der Waals surface area contributed by atoms with Crippen LogP contribution in [0.25, 0.3) is 0 Å². The lowest BCUT2D eigenvalue weighted by atomic mass is 9.71. The predicted octanol–water partition coefficient (Wildman–Crippen LogP) is 7.47. The molecule has 0 nitrogen and oxygen atoms in total. The first-order valence-corrected chi connectivity index (χ1v) is 11.8. The van der Waals surface area contributed by atoms with Gasteiger partial charge in [-0.15, -0.1) is 11.8 Å². The zero-order valence-electron chi connectivity index (χ0n) is 16.1. The number of rotatable bonds is 2. The third-order valence-electron chi connectivity index (χ3n) is 7.59. The van der Waals surface area contributed by atoms with Crippen molar-refractivity contribution in [3.8, 4) is 0 Å². The van der Waals surface area contributed by atoms with Gasteiger partial charge in [-0.25, -0.2) is 0 Å². The van der Waals surface area contributed by atoms with Crippen LogP contribution in [0, 0.1) is 17.8 Å². The minimum absolute atomic E-state index is 0.657. The molecule has 0 radical (unpaired) electrons. The average molecular weight is 365 g/mol. The van der Waals surface area contributed by atoms with Crippen LogP contribution in [0.4, 0.5) is 0 Å². The van der Waals surface area contributed by atoms with Crippen molar-refractivity contribution in [2.24, 2.45) is 17.8 Å². The minimum atomic E-state index is 0.657. The maximum Gasteiger partial charge on any atom is 0.0201 e. The summed E-state index contributed by atoms with van der Waals surface area (Å²) in [6.07, 6.45) is 21.1. The molecule has 1 saturated carbocycles. The van der Waals surface area contributed by atoms with Crippen molar-refractivity contribution >= 4 is 11.8 Å². The topological polar surface area (TPSA) is 0 Å².